The van der Waals surface area contributed by atoms with Crippen LogP contribution in [0.15, 0.2) is 6.07 Å². The Kier molecular flexibility index (Phi) is 4.07. The normalized spacial score (nSPS) is 37.7. The lowest BCUT2D eigenvalue weighted by Gasteiger charge is -2.61. The van der Waals surface area contributed by atoms with Gasteiger partial charge in [-0.3, -0.25) is 0 Å². The van der Waals surface area contributed by atoms with Crippen molar-refractivity contribution in [2.75, 3.05) is 7.11 Å². The number of methoxy groups -OCH3 is 1. The van der Waals surface area contributed by atoms with Gasteiger partial charge in [0, 0.05) is 0 Å². The predicted octanol–water partition coefficient (Wildman–Crippen LogP) is 6.62. The largest absolute Gasteiger partial charge is 0.496 e. The first-order valence-electron chi connectivity index (χ1n) is 10.9. The lowest BCUT2D eigenvalue weighted by Crippen LogP contribution is -2.55. The van der Waals surface area contributed by atoms with E-state index in [-0.39, 0.29) is 0 Å². The Balaban J connectivity index is 1.88. The third-order valence-corrected chi connectivity index (χ3v) is 9.12. The molecule has 144 valence electrons. The highest BCUT2D eigenvalue weighted by Gasteiger charge is 2.61. The summed E-state index contributed by atoms with van der Waals surface area (Å²) in [4.78, 5) is 0. The maximum atomic E-state index is 5.76. The molecule has 0 N–H and O–H groups in total. The zero-order valence-corrected chi connectivity index (χ0v) is 18.1. The molecule has 0 radical (unpaired) electrons. The fourth-order valence-corrected chi connectivity index (χ4v) is 7.94. The Labute approximate surface area is 160 Å². The third-order valence-electron chi connectivity index (χ3n) is 9.12. The van der Waals surface area contributed by atoms with E-state index in [4.69, 9.17) is 4.74 Å². The van der Waals surface area contributed by atoms with Crippen molar-refractivity contribution in [2.24, 2.45) is 22.7 Å². The third kappa shape index (κ3) is 2.21. The van der Waals surface area contributed by atoms with Crippen LogP contribution in [0, 0.1) is 29.6 Å². The lowest BCUT2D eigenvalue weighted by atomic mass is 9.43. The number of fused-ring (bicyclic) bond motifs is 5. The highest BCUT2D eigenvalue weighted by molar-refractivity contribution is 5.56. The van der Waals surface area contributed by atoms with Gasteiger partial charge in [0.1, 0.15) is 5.75 Å². The molecule has 0 aromatic heterocycles. The van der Waals surface area contributed by atoms with Crippen molar-refractivity contribution in [1.82, 2.24) is 0 Å². The van der Waals surface area contributed by atoms with E-state index >= 15 is 0 Å². The number of ether oxygens (including phenoxy) is 1. The van der Waals surface area contributed by atoms with Gasteiger partial charge in [0.2, 0.25) is 0 Å². The minimum atomic E-state index is 0.358. The van der Waals surface area contributed by atoms with Crippen LogP contribution >= 0.6 is 0 Å². The fraction of sp³-hybridized carbons (Fsp3) is 0.760. The van der Waals surface area contributed by atoms with E-state index in [9.17, 15) is 0 Å². The Morgan fingerprint density at radius 2 is 1.81 bits per heavy atom. The maximum absolute atomic E-state index is 5.76. The Hall–Kier alpha value is -0.980. The highest BCUT2D eigenvalue weighted by atomic mass is 16.5. The van der Waals surface area contributed by atoms with Crippen LogP contribution in [0.1, 0.15) is 89.0 Å². The van der Waals surface area contributed by atoms with Crippen LogP contribution in [0.25, 0.3) is 0 Å². The summed E-state index contributed by atoms with van der Waals surface area (Å²) in [5.41, 5.74) is 7.65. The monoisotopic (exact) mass is 354 g/mol. The molecule has 1 heteroatoms. The molecule has 0 amide bonds. The van der Waals surface area contributed by atoms with Gasteiger partial charge < -0.3 is 4.74 Å². The molecule has 2 saturated carbocycles. The number of aryl methyl sites for hydroxylation is 1. The number of hydrogen-bond donors (Lipinski definition) is 0. The van der Waals surface area contributed by atoms with E-state index in [1.165, 1.54) is 44.1 Å². The van der Waals surface area contributed by atoms with Gasteiger partial charge in [-0.2, -0.15) is 0 Å². The molecular formula is C25H38O. The smallest absolute Gasteiger partial charge is 0.122 e. The molecule has 1 unspecified atom stereocenters. The number of benzene rings is 1. The van der Waals surface area contributed by atoms with E-state index in [2.05, 4.69) is 47.6 Å². The van der Waals surface area contributed by atoms with Gasteiger partial charge in [0.05, 0.1) is 7.11 Å². The zero-order chi connectivity index (χ0) is 18.9. The summed E-state index contributed by atoms with van der Waals surface area (Å²) >= 11 is 0. The van der Waals surface area contributed by atoms with Crippen molar-refractivity contribution in [1.29, 1.82) is 0 Å². The van der Waals surface area contributed by atoms with E-state index in [1.54, 1.807) is 16.7 Å². The van der Waals surface area contributed by atoms with E-state index in [0.717, 1.165) is 24.0 Å². The fourth-order valence-electron chi connectivity index (χ4n) is 7.94. The second kappa shape index (κ2) is 5.76. The predicted molar refractivity (Wildman–Crippen MR) is 110 cm³/mol. The lowest BCUT2D eigenvalue weighted by molar-refractivity contribution is -0.0983. The van der Waals surface area contributed by atoms with Crippen LogP contribution < -0.4 is 4.74 Å². The summed E-state index contributed by atoms with van der Waals surface area (Å²) in [6.07, 6.45) is 9.41. The Morgan fingerprint density at radius 1 is 1.08 bits per heavy atom. The summed E-state index contributed by atoms with van der Waals surface area (Å²) in [6.45, 7) is 15.0. The van der Waals surface area contributed by atoms with Crippen molar-refractivity contribution in [3.8, 4) is 5.75 Å². The summed E-state index contributed by atoms with van der Waals surface area (Å²) < 4.78 is 5.76. The van der Waals surface area contributed by atoms with Crippen LogP contribution in [0.4, 0.5) is 0 Å². The summed E-state index contributed by atoms with van der Waals surface area (Å²) in [5, 5.41) is 0. The molecule has 3 aliphatic carbocycles. The van der Waals surface area contributed by atoms with E-state index in [1.807, 2.05) is 7.11 Å². The average molecular weight is 355 g/mol. The van der Waals surface area contributed by atoms with Gasteiger partial charge in [0.15, 0.2) is 0 Å². The molecule has 3 aliphatic rings. The summed E-state index contributed by atoms with van der Waals surface area (Å²) in [7, 11) is 1.83. The minimum absolute atomic E-state index is 0.358. The SMILES string of the molecule is CCc1cc(OC)c(C)c2c1[C@]1(C)CCC3C(C)(C)CCC[C@]3(C)[C@H]1C2. The van der Waals surface area contributed by atoms with Gasteiger partial charge in [-0.15, -0.1) is 0 Å². The molecule has 0 bridgehead atoms. The van der Waals surface area contributed by atoms with Crippen LogP contribution in [0.2, 0.25) is 0 Å². The van der Waals surface area contributed by atoms with Crippen molar-refractivity contribution in [2.45, 2.75) is 91.9 Å². The minimum Gasteiger partial charge on any atom is -0.496 e. The van der Waals surface area contributed by atoms with Crippen LogP contribution in [-0.2, 0) is 18.3 Å². The van der Waals surface area contributed by atoms with Gasteiger partial charge in [-0.25, -0.2) is 0 Å². The van der Waals surface area contributed by atoms with Gasteiger partial charge in [-0.1, -0.05) is 41.0 Å². The second-order valence-electron chi connectivity index (χ2n) is 10.7. The number of hydrogen-bond acceptors (Lipinski definition) is 1. The molecule has 26 heavy (non-hydrogen) atoms. The second-order valence-corrected chi connectivity index (χ2v) is 10.7. The molecule has 2 fully saturated rings. The standard InChI is InChI=1S/C25H38O/c1-8-17-14-19(26-7)16(2)18-15-21-24(5)12-9-11-23(3,4)20(24)10-13-25(21,6)22(17)18/h14,20-21H,8-13,15H2,1-7H3/t20?,21-,24+,25-/m1/s1. The first kappa shape index (κ1) is 18.4. The summed E-state index contributed by atoms with van der Waals surface area (Å²) in [5.74, 6) is 2.77. The molecule has 0 heterocycles. The van der Waals surface area contributed by atoms with Gasteiger partial charge in [-0.05, 0) is 102 Å². The molecule has 1 nitrogen and oxygen atoms in total. The molecule has 4 rings (SSSR count). The molecule has 1 aromatic rings. The van der Waals surface area contributed by atoms with Crippen molar-refractivity contribution < 1.29 is 4.74 Å². The zero-order valence-electron chi connectivity index (χ0n) is 18.1. The Morgan fingerprint density at radius 3 is 2.46 bits per heavy atom. The Bertz CT molecular complexity index is 730. The topological polar surface area (TPSA) is 9.23 Å². The molecular weight excluding hydrogens is 316 g/mol. The summed E-state index contributed by atoms with van der Waals surface area (Å²) in [6, 6.07) is 2.35. The maximum Gasteiger partial charge on any atom is 0.122 e. The molecule has 0 aliphatic heterocycles. The highest BCUT2D eigenvalue weighted by Crippen LogP contribution is 2.68. The van der Waals surface area contributed by atoms with Crippen LogP contribution in [0.5, 0.6) is 5.75 Å². The van der Waals surface area contributed by atoms with Crippen LogP contribution in [-0.4, -0.2) is 7.11 Å². The van der Waals surface area contributed by atoms with Crippen molar-refractivity contribution >= 4 is 0 Å². The van der Waals surface area contributed by atoms with E-state index < -0.39 is 0 Å². The molecule has 0 saturated heterocycles. The van der Waals surface area contributed by atoms with Crippen molar-refractivity contribution in [3.63, 3.8) is 0 Å². The quantitative estimate of drug-likeness (QED) is 0.579. The molecule has 1 aromatic carbocycles. The van der Waals surface area contributed by atoms with Gasteiger partial charge in [0.25, 0.3) is 0 Å². The van der Waals surface area contributed by atoms with E-state index in [0.29, 0.717) is 16.2 Å². The first-order chi connectivity index (χ1) is 12.2. The molecule has 4 atom stereocenters. The van der Waals surface area contributed by atoms with Crippen molar-refractivity contribution in [3.05, 3.63) is 28.3 Å². The number of rotatable bonds is 2. The van der Waals surface area contributed by atoms with Gasteiger partial charge >= 0.3 is 0 Å². The average Bonchev–Trinajstić information content (AvgIpc) is 2.90. The van der Waals surface area contributed by atoms with Crippen LogP contribution in [0.3, 0.4) is 0 Å². The molecule has 0 spiro atoms. The first-order valence-corrected chi connectivity index (χ1v) is 10.9.